The predicted molar refractivity (Wildman–Crippen MR) is 186 cm³/mol. The average molecular weight is 635 g/mol. The molecule has 10 nitrogen and oxygen atoms in total. The molecule has 0 bridgehead atoms. The molecular weight excluding hydrogens is 568 g/mol. The van der Waals surface area contributed by atoms with Crippen LogP contribution in [-0.2, 0) is 14.4 Å². The predicted octanol–water partition coefficient (Wildman–Crippen LogP) is 4.80. The van der Waals surface area contributed by atoms with Crippen molar-refractivity contribution in [1.82, 2.24) is 31.9 Å². The number of carboxylic acids is 1. The largest absolute Gasteiger partial charge is 0.481 e. The fourth-order valence-electron chi connectivity index (χ4n) is 5.04. The first-order valence-electron chi connectivity index (χ1n) is 17.0. The van der Waals surface area contributed by atoms with E-state index in [2.05, 4.69) is 72.4 Å². The third-order valence-electron chi connectivity index (χ3n) is 8.02. The van der Waals surface area contributed by atoms with Crippen molar-refractivity contribution in [1.29, 1.82) is 0 Å². The van der Waals surface area contributed by atoms with Gasteiger partial charge in [0.25, 0.3) is 0 Å². The number of allylic oxidation sites excluding steroid dienone is 1. The van der Waals surface area contributed by atoms with Gasteiger partial charge in [0, 0.05) is 48.7 Å². The van der Waals surface area contributed by atoms with Crippen LogP contribution in [0.3, 0.4) is 0 Å². The minimum atomic E-state index is -0.842. The van der Waals surface area contributed by atoms with Crippen LogP contribution >= 0.6 is 0 Å². The summed E-state index contributed by atoms with van der Waals surface area (Å²) >= 11 is 0. The van der Waals surface area contributed by atoms with E-state index in [1.165, 1.54) is 0 Å². The number of amides is 2. The van der Waals surface area contributed by atoms with Gasteiger partial charge in [-0.2, -0.15) is 0 Å². The van der Waals surface area contributed by atoms with Crippen LogP contribution in [0.15, 0.2) is 36.8 Å². The van der Waals surface area contributed by atoms with Crippen LogP contribution in [-0.4, -0.2) is 66.2 Å². The third-order valence-corrected chi connectivity index (χ3v) is 8.02. The van der Waals surface area contributed by atoms with E-state index in [-0.39, 0.29) is 54.2 Å². The highest BCUT2D eigenvalue weighted by Crippen LogP contribution is 2.15. The van der Waals surface area contributed by atoms with Crippen molar-refractivity contribution < 1.29 is 19.5 Å². The molecule has 260 valence electrons. The summed E-state index contributed by atoms with van der Waals surface area (Å²) in [6, 6.07) is -1.13. The van der Waals surface area contributed by atoms with Crippen molar-refractivity contribution in [2.24, 2.45) is 17.8 Å². The number of rotatable bonds is 26. The Morgan fingerprint density at radius 1 is 0.778 bits per heavy atom. The van der Waals surface area contributed by atoms with Crippen molar-refractivity contribution in [2.75, 3.05) is 13.1 Å². The zero-order chi connectivity index (χ0) is 34.7. The Kier molecular flexibility index (Phi) is 21.0. The van der Waals surface area contributed by atoms with E-state index in [1.807, 2.05) is 41.5 Å². The molecule has 0 unspecified atom stereocenters. The third kappa shape index (κ3) is 17.3. The first-order valence-corrected chi connectivity index (χ1v) is 17.0. The molecule has 6 atom stereocenters. The van der Waals surface area contributed by atoms with Gasteiger partial charge in [-0.3, -0.25) is 14.4 Å². The Bertz CT molecular complexity index is 950. The molecule has 10 heteroatoms. The fraction of sp³-hybridized carbons (Fsp3) is 0.743. The van der Waals surface area contributed by atoms with Crippen molar-refractivity contribution in [3.05, 3.63) is 36.8 Å². The molecule has 0 aliphatic rings. The van der Waals surface area contributed by atoms with Gasteiger partial charge in [0.15, 0.2) is 0 Å². The molecule has 0 heterocycles. The number of carboxylic acid groups (broad SMARTS) is 1. The maximum atomic E-state index is 13.6. The molecule has 0 aliphatic carbocycles. The van der Waals surface area contributed by atoms with Crippen molar-refractivity contribution >= 4 is 17.8 Å². The van der Waals surface area contributed by atoms with Crippen LogP contribution in [0.5, 0.6) is 0 Å². The lowest BCUT2D eigenvalue weighted by atomic mass is 9.96. The van der Waals surface area contributed by atoms with E-state index in [4.69, 9.17) is 5.11 Å². The molecule has 0 aromatic rings. The van der Waals surface area contributed by atoms with E-state index >= 15 is 0 Å². The molecule has 0 aromatic heterocycles. The summed E-state index contributed by atoms with van der Waals surface area (Å²) in [5.74, 6) is -0.405. The normalized spacial score (nSPS) is 15.3. The highest BCUT2D eigenvalue weighted by molar-refractivity contribution is 5.83. The summed E-state index contributed by atoms with van der Waals surface area (Å²) in [7, 11) is 0. The van der Waals surface area contributed by atoms with Crippen LogP contribution in [0, 0.1) is 17.8 Å². The van der Waals surface area contributed by atoms with Crippen molar-refractivity contribution in [3.8, 4) is 0 Å². The fourth-order valence-corrected chi connectivity index (χ4v) is 5.04. The van der Waals surface area contributed by atoms with E-state index in [0.717, 1.165) is 37.1 Å². The molecule has 0 spiro atoms. The number of nitrogens with one attached hydrogen (secondary N) is 6. The first-order chi connectivity index (χ1) is 21.1. The molecule has 2 amide bonds. The maximum Gasteiger partial charge on any atom is 0.303 e. The van der Waals surface area contributed by atoms with Gasteiger partial charge in [-0.15, -0.1) is 0 Å². The van der Waals surface area contributed by atoms with Crippen molar-refractivity contribution in [3.63, 3.8) is 0 Å². The lowest BCUT2D eigenvalue weighted by molar-refractivity contribution is -0.137. The summed E-state index contributed by atoms with van der Waals surface area (Å²) < 4.78 is 0. The monoisotopic (exact) mass is 635 g/mol. The number of carbonyl (C=O) groups is 3. The number of hydrogen-bond acceptors (Lipinski definition) is 7. The first kappa shape index (κ1) is 42.0. The molecular formula is C35H66N6O4. The summed E-state index contributed by atoms with van der Waals surface area (Å²) in [4.78, 5) is 37.0. The molecule has 0 radical (unpaired) electrons. The van der Waals surface area contributed by atoms with Crippen molar-refractivity contribution in [2.45, 2.75) is 137 Å². The molecule has 0 saturated heterocycles. The Labute approximate surface area is 274 Å². The minimum absolute atomic E-state index is 0.0335. The zero-order valence-corrected chi connectivity index (χ0v) is 29.8. The molecule has 0 rings (SSSR count). The summed E-state index contributed by atoms with van der Waals surface area (Å²) in [6.45, 7) is 32.3. The second kappa shape index (κ2) is 22.5. The smallest absolute Gasteiger partial charge is 0.303 e. The van der Waals surface area contributed by atoms with Gasteiger partial charge in [0.1, 0.15) is 12.1 Å². The summed E-state index contributed by atoms with van der Waals surface area (Å²) in [5.41, 5.74) is 2.19. The quantitative estimate of drug-likeness (QED) is 0.0719. The summed E-state index contributed by atoms with van der Waals surface area (Å²) in [6.07, 6.45) is 4.32. The van der Waals surface area contributed by atoms with Crippen LogP contribution in [0.25, 0.3) is 0 Å². The van der Waals surface area contributed by atoms with Gasteiger partial charge >= 0.3 is 5.97 Å². The second-order valence-electron chi connectivity index (χ2n) is 13.1. The molecule has 0 aromatic carbocycles. The number of likely N-dealkylation sites (N-methyl/N-ethyl adjacent to an activating group) is 1. The van der Waals surface area contributed by atoms with Gasteiger partial charge in [0.05, 0.1) is 6.04 Å². The van der Waals surface area contributed by atoms with Gasteiger partial charge in [-0.05, 0) is 57.3 Å². The van der Waals surface area contributed by atoms with E-state index in [0.29, 0.717) is 37.5 Å². The Balaban J connectivity index is 5.51. The van der Waals surface area contributed by atoms with E-state index < -0.39 is 12.0 Å². The van der Waals surface area contributed by atoms with Crippen LogP contribution in [0.2, 0.25) is 0 Å². The molecule has 45 heavy (non-hydrogen) atoms. The minimum Gasteiger partial charge on any atom is -0.481 e. The number of aliphatic carboxylic acids is 1. The van der Waals surface area contributed by atoms with Crippen LogP contribution in [0.4, 0.5) is 0 Å². The highest BCUT2D eigenvalue weighted by Gasteiger charge is 2.28. The molecule has 0 fully saturated rings. The average Bonchev–Trinajstić information content (AvgIpc) is 2.95. The maximum absolute atomic E-state index is 13.6. The Morgan fingerprint density at radius 2 is 1.42 bits per heavy atom. The molecule has 0 saturated carbocycles. The number of hydrogen-bond donors (Lipinski definition) is 7. The summed E-state index contributed by atoms with van der Waals surface area (Å²) in [5, 5.41) is 28.8. The second-order valence-corrected chi connectivity index (χ2v) is 13.1. The van der Waals surface area contributed by atoms with E-state index in [9.17, 15) is 14.4 Å². The van der Waals surface area contributed by atoms with Gasteiger partial charge < -0.3 is 37.0 Å². The standard InChI is InChI=1S/C35H66N6O4/c1-13-17-30(41-35(45)33(24(8)14-2)38-25(9)18-16-19-31(42)43)28(12)39-29(20-22(4)5)21-37-26(10)27(11)40-32(23(6)7)34(44)36-15-3/h22-24,26,29-30,32-33,37-40H,9,11-21H2,1-8,10H3,(H,36,44)(H,41,45)(H,42,43)/t24-,26-,29-,30-,32-,33-/m0/s1. The SMILES string of the molecule is C=C(CCCC(=O)O)N[C@H](C(=O)N[C@@H](CCC)C(=C)N[C@H](CN[C@@H](C)C(=C)N[C@H](C(=O)NCC)C(C)C)CC(C)C)[C@@H](C)CC. The Morgan fingerprint density at radius 3 is 1.93 bits per heavy atom. The molecule has 0 aliphatic heterocycles. The highest BCUT2D eigenvalue weighted by atomic mass is 16.4. The van der Waals surface area contributed by atoms with Gasteiger partial charge in [0.2, 0.25) is 11.8 Å². The topological polar surface area (TPSA) is 144 Å². The Hall–Kier alpha value is -3.01. The van der Waals surface area contributed by atoms with Crippen LogP contribution < -0.4 is 31.9 Å². The molecule has 7 N–H and O–H groups in total. The van der Waals surface area contributed by atoms with E-state index in [1.54, 1.807) is 0 Å². The zero-order valence-electron chi connectivity index (χ0n) is 29.8. The van der Waals surface area contributed by atoms with Crippen LogP contribution in [0.1, 0.15) is 107 Å². The van der Waals surface area contributed by atoms with Gasteiger partial charge in [-0.25, -0.2) is 0 Å². The number of carbonyl (C=O) groups excluding carboxylic acids is 2. The lowest BCUT2D eigenvalue weighted by Gasteiger charge is -2.32. The van der Waals surface area contributed by atoms with Gasteiger partial charge in [-0.1, -0.05) is 81.0 Å². The lowest BCUT2D eigenvalue weighted by Crippen LogP contribution is -2.53.